The lowest BCUT2D eigenvalue weighted by Crippen LogP contribution is -2.57. The van der Waals surface area contributed by atoms with Gasteiger partial charge >= 0.3 is 12.1 Å². The zero-order chi connectivity index (χ0) is 15.7. The molecule has 21 heavy (non-hydrogen) atoms. The maximum atomic E-state index is 13.6. The van der Waals surface area contributed by atoms with Crippen LogP contribution in [0.5, 0.6) is 0 Å². The largest absolute Gasteiger partial charge is 0.468 e. The van der Waals surface area contributed by atoms with E-state index in [2.05, 4.69) is 20.7 Å². The van der Waals surface area contributed by atoms with Gasteiger partial charge in [0.05, 0.1) is 13.7 Å². The van der Waals surface area contributed by atoms with Crippen LogP contribution in [0.15, 0.2) is 28.7 Å². The topological polar surface area (TPSA) is 35.5 Å². The van der Waals surface area contributed by atoms with Gasteiger partial charge in [0.2, 0.25) is 4.75 Å². The van der Waals surface area contributed by atoms with E-state index in [0.29, 0.717) is 11.8 Å². The van der Waals surface area contributed by atoms with Crippen molar-refractivity contribution in [2.45, 2.75) is 17.0 Å². The summed E-state index contributed by atoms with van der Waals surface area (Å²) in [6.45, 7) is 0.139. The average Bonchev–Trinajstić information content (AvgIpc) is 2.46. The quantitative estimate of drug-likeness (QED) is 0.727. The van der Waals surface area contributed by atoms with E-state index in [4.69, 9.17) is 4.74 Å². The van der Waals surface area contributed by atoms with Crippen molar-refractivity contribution in [1.82, 2.24) is 0 Å². The standard InChI is InChI=1S/C13H12BrF3O3S/c1-19-11(18)12(13(15,16)17)10(20-6-7-21-12)8-2-4-9(14)5-3-8/h2-5,10H,6-7H2,1H3. The van der Waals surface area contributed by atoms with Gasteiger partial charge in [-0.05, 0) is 17.7 Å². The van der Waals surface area contributed by atoms with Gasteiger partial charge in [0.25, 0.3) is 0 Å². The highest BCUT2D eigenvalue weighted by molar-refractivity contribution is 9.10. The number of rotatable bonds is 2. The average molecular weight is 385 g/mol. The molecule has 1 aliphatic heterocycles. The van der Waals surface area contributed by atoms with Crippen molar-refractivity contribution in [3.63, 3.8) is 0 Å². The van der Waals surface area contributed by atoms with E-state index >= 15 is 0 Å². The molecule has 2 rings (SSSR count). The molecule has 1 saturated heterocycles. The minimum Gasteiger partial charge on any atom is -0.468 e. The summed E-state index contributed by atoms with van der Waals surface area (Å²) in [6, 6.07) is 6.22. The van der Waals surface area contributed by atoms with E-state index in [0.717, 1.165) is 11.6 Å². The fourth-order valence-corrected chi connectivity index (χ4v) is 3.68. The van der Waals surface area contributed by atoms with Gasteiger partial charge in [-0.3, -0.25) is 4.79 Å². The molecule has 0 N–H and O–H groups in total. The molecular formula is C13H12BrF3O3S. The van der Waals surface area contributed by atoms with Crippen LogP contribution in [-0.2, 0) is 14.3 Å². The maximum absolute atomic E-state index is 13.6. The van der Waals surface area contributed by atoms with Crippen LogP contribution in [0, 0.1) is 0 Å². The molecule has 1 aromatic rings. The molecule has 0 saturated carbocycles. The highest BCUT2D eigenvalue weighted by atomic mass is 79.9. The predicted octanol–water partition coefficient (Wildman–Crippen LogP) is 3.73. The molecule has 0 aromatic heterocycles. The molecule has 2 atom stereocenters. The number of thioether (sulfide) groups is 1. The van der Waals surface area contributed by atoms with Crippen LogP contribution in [0.2, 0.25) is 0 Å². The Kier molecular flexibility index (Phi) is 4.89. The van der Waals surface area contributed by atoms with Crippen LogP contribution >= 0.6 is 27.7 Å². The normalized spacial score (nSPS) is 26.4. The van der Waals surface area contributed by atoms with Crippen molar-refractivity contribution < 1.29 is 27.4 Å². The second kappa shape index (κ2) is 6.18. The number of ether oxygens (including phenoxy) is 2. The molecule has 0 spiro atoms. The first-order valence-electron chi connectivity index (χ1n) is 5.99. The Bertz CT molecular complexity index is 520. The molecule has 0 aliphatic carbocycles. The molecule has 3 nitrogen and oxygen atoms in total. The monoisotopic (exact) mass is 384 g/mol. The number of hydrogen-bond acceptors (Lipinski definition) is 4. The third-order valence-corrected chi connectivity index (χ3v) is 5.12. The van der Waals surface area contributed by atoms with E-state index in [1.54, 1.807) is 12.1 Å². The molecule has 116 valence electrons. The number of carbonyl (C=O) groups excluding carboxylic acids is 1. The second-order valence-electron chi connectivity index (χ2n) is 4.38. The van der Waals surface area contributed by atoms with Crippen molar-refractivity contribution in [2.75, 3.05) is 19.5 Å². The van der Waals surface area contributed by atoms with Gasteiger partial charge in [0.15, 0.2) is 0 Å². The van der Waals surface area contributed by atoms with Gasteiger partial charge in [-0.2, -0.15) is 13.2 Å². The fourth-order valence-electron chi connectivity index (χ4n) is 2.19. The third-order valence-electron chi connectivity index (χ3n) is 3.15. The summed E-state index contributed by atoms with van der Waals surface area (Å²) in [6.07, 6.45) is -6.22. The third kappa shape index (κ3) is 2.93. The molecule has 1 aromatic carbocycles. The molecule has 0 radical (unpaired) electrons. The number of carbonyl (C=O) groups is 1. The lowest BCUT2D eigenvalue weighted by molar-refractivity contribution is -0.208. The molecule has 1 heterocycles. The molecule has 1 fully saturated rings. The highest BCUT2D eigenvalue weighted by Gasteiger charge is 2.68. The Morgan fingerprint density at radius 2 is 2.05 bits per heavy atom. The van der Waals surface area contributed by atoms with E-state index in [1.807, 2.05) is 0 Å². The predicted molar refractivity (Wildman–Crippen MR) is 76.1 cm³/mol. The van der Waals surface area contributed by atoms with E-state index < -0.39 is 23.0 Å². The van der Waals surface area contributed by atoms with Crippen LogP contribution in [0.1, 0.15) is 11.7 Å². The van der Waals surface area contributed by atoms with Crippen molar-refractivity contribution in [3.05, 3.63) is 34.3 Å². The van der Waals surface area contributed by atoms with Gasteiger partial charge in [0.1, 0.15) is 6.10 Å². The molecule has 2 unspecified atom stereocenters. The van der Waals surface area contributed by atoms with Gasteiger partial charge in [-0.15, -0.1) is 11.8 Å². The Labute approximate surface area is 132 Å². The van der Waals surface area contributed by atoms with Crippen molar-refractivity contribution in [2.24, 2.45) is 0 Å². The number of hydrogen-bond donors (Lipinski definition) is 0. The van der Waals surface area contributed by atoms with Crippen LogP contribution in [0.3, 0.4) is 0 Å². The summed E-state index contributed by atoms with van der Waals surface area (Å²) >= 11 is 3.74. The Balaban J connectivity index is 2.53. The smallest absolute Gasteiger partial charge is 0.416 e. The first-order chi connectivity index (χ1) is 9.83. The molecule has 8 heteroatoms. The highest BCUT2D eigenvalue weighted by Crippen LogP contribution is 2.54. The Morgan fingerprint density at radius 3 is 2.57 bits per heavy atom. The van der Waals surface area contributed by atoms with Crippen molar-refractivity contribution >= 4 is 33.7 Å². The number of halogens is 4. The first-order valence-corrected chi connectivity index (χ1v) is 7.77. The van der Waals surface area contributed by atoms with Crippen LogP contribution in [-0.4, -0.2) is 36.4 Å². The summed E-state index contributed by atoms with van der Waals surface area (Å²) in [5, 5.41) is 0. The zero-order valence-electron chi connectivity index (χ0n) is 10.9. The van der Waals surface area contributed by atoms with Crippen LogP contribution in [0.25, 0.3) is 0 Å². The summed E-state index contributed by atoms with van der Waals surface area (Å²) in [5.74, 6) is -1.27. The van der Waals surface area contributed by atoms with Crippen LogP contribution < -0.4 is 0 Å². The zero-order valence-corrected chi connectivity index (χ0v) is 13.3. The summed E-state index contributed by atoms with van der Waals surface area (Å²) in [5.41, 5.74) is 0.285. The molecular weight excluding hydrogens is 373 g/mol. The number of alkyl halides is 3. The lowest BCUT2D eigenvalue weighted by atomic mass is 9.93. The van der Waals surface area contributed by atoms with Gasteiger partial charge < -0.3 is 9.47 Å². The Morgan fingerprint density at radius 1 is 1.43 bits per heavy atom. The summed E-state index contributed by atoms with van der Waals surface area (Å²) in [7, 11) is 0.948. The maximum Gasteiger partial charge on any atom is 0.416 e. The SMILES string of the molecule is COC(=O)C1(C(F)(F)F)SCCOC1c1ccc(Br)cc1. The van der Waals surface area contributed by atoms with Gasteiger partial charge in [0, 0.05) is 10.2 Å². The minimum atomic E-state index is -4.79. The van der Waals surface area contributed by atoms with Gasteiger partial charge in [-0.1, -0.05) is 28.1 Å². The first kappa shape index (κ1) is 16.6. The van der Waals surface area contributed by atoms with Crippen LogP contribution in [0.4, 0.5) is 13.2 Å². The van der Waals surface area contributed by atoms with Crippen molar-refractivity contribution in [3.8, 4) is 0 Å². The van der Waals surface area contributed by atoms with E-state index in [1.165, 1.54) is 12.1 Å². The second-order valence-corrected chi connectivity index (χ2v) is 6.63. The fraction of sp³-hybridized carbons (Fsp3) is 0.462. The number of esters is 1. The summed E-state index contributed by atoms with van der Waals surface area (Å²) < 4.78 is 48.6. The van der Waals surface area contributed by atoms with E-state index in [9.17, 15) is 18.0 Å². The molecule has 0 amide bonds. The molecule has 1 aliphatic rings. The van der Waals surface area contributed by atoms with Crippen molar-refractivity contribution in [1.29, 1.82) is 0 Å². The summed E-state index contributed by atoms with van der Waals surface area (Å²) in [4.78, 5) is 11.9. The number of benzene rings is 1. The van der Waals surface area contributed by atoms with Gasteiger partial charge in [-0.25, -0.2) is 0 Å². The minimum absolute atomic E-state index is 0.0711. The molecule has 0 bridgehead atoms. The Hall–Kier alpha value is -0.730. The lowest BCUT2D eigenvalue weighted by Gasteiger charge is -2.41. The van der Waals surface area contributed by atoms with E-state index in [-0.39, 0.29) is 17.9 Å². The number of methoxy groups -OCH3 is 1.